The van der Waals surface area contributed by atoms with E-state index < -0.39 is 29.7 Å². The number of carbonyl (C=O) groups excluding carboxylic acids is 2. The van der Waals surface area contributed by atoms with Crippen LogP contribution in [0.15, 0.2) is 35.2 Å². The minimum absolute atomic E-state index is 0.0544. The number of pyridine rings is 1. The van der Waals surface area contributed by atoms with Crippen molar-refractivity contribution in [2.75, 3.05) is 69.9 Å². The van der Waals surface area contributed by atoms with Crippen LogP contribution in [0.2, 0.25) is 0 Å². The third-order valence-corrected chi connectivity index (χ3v) is 8.98. The molecule has 2 fully saturated rings. The lowest BCUT2D eigenvalue weighted by Gasteiger charge is -2.31. The van der Waals surface area contributed by atoms with Crippen LogP contribution >= 0.6 is 0 Å². The van der Waals surface area contributed by atoms with Crippen LogP contribution in [0.3, 0.4) is 0 Å². The van der Waals surface area contributed by atoms with Gasteiger partial charge in [0, 0.05) is 44.1 Å². The molecule has 3 heterocycles. The van der Waals surface area contributed by atoms with Gasteiger partial charge in [0.2, 0.25) is 5.89 Å². The number of oxazole rings is 1. The second-order valence-electron chi connectivity index (χ2n) is 14.6. The Morgan fingerprint density at radius 1 is 1.06 bits per heavy atom. The van der Waals surface area contributed by atoms with Gasteiger partial charge in [-0.15, -0.1) is 0 Å². The zero-order valence-electron chi connectivity index (χ0n) is 30.6. The smallest absolute Gasteiger partial charge is 0.416 e. The number of likely N-dealkylation sites (N-methyl/N-ethyl adjacent to an activating group) is 1. The Kier molecular flexibility index (Phi) is 13.7. The van der Waals surface area contributed by atoms with Gasteiger partial charge in [-0.3, -0.25) is 14.4 Å². The summed E-state index contributed by atoms with van der Waals surface area (Å²) in [5.74, 6) is 0.610. The van der Waals surface area contributed by atoms with Crippen LogP contribution in [0.25, 0.3) is 11.5 Å². The second-order valence-corrected chi connectivity index (χ2v) is 14.6. The average Bonchev–Trinajstić information content (AvgIpc) is 3.60. The lowest BCUT2D eigenvalue weighted by Crippen LogP contribution is -2.38. The number of nitrogens with one attached hydrogen (secondary N) is 1. The lowest BCUT2D eigenvalue weighted by atomic mass is 9.86. The molecule has 0 bridgehead atoms. The SMILES string of the molecule is CN(CCOCCOCCN)CC1CCC(n2cc(NC(=O)c3coc(-c4ccnc(N(CC5CC5)C(=O)OC(C)(C)C)c4)n3)c(C(F)F)n2)CC1. The highest BCUT2D eigenvalue weighted by Crippen LogP contribution is 2.36. The molecular weight excluding hydrogens is 678 g/mol. The van der Waals surface area contributed by atoms with E-state index in [1.54, 1.807) is 37.6 Å². The highest BCUT2D eigenvalue weighted by atomic mass is 19.3. The molecule has 2 aliphatic rings. The lowest BCUT2D eigenvalue weighted by molar-refractivity contribution is 0.0413. The predicted molar refractivity (Wildman–Crippen MR) is 190 cm³/mol. The molecule has 0 atom stereocenters. The van der Waals surface area contributed by atoms with Crippen molar-refractivity contribution < 1.29 is 37.0 Å². The molecule has 3 N–H and O–H groups in total. The fourth-order valence-electron chi connectivity index (χ4n) is 6.13. The van der Waals surface area contributed by atoms with Crippen LogP contribution in [-0.4, -0.2) is 102 Å². The van der Waals surface area contributed by atoms with Crippen molar-refractivity contribution in [3.05, 3.63) is 42.2 Å². The number of rotatable bonds is 18. The van der Waals surface area contributed by atoms with Gasteiger partial charge in [0.1, 0.15) is 17.7 Å². The summed E-state index contributed by atoms with van der Waals surface area (Å²) in [7, 11) is 2.07. The first-order chi connectivity index (χ1) is 24.9. The molecule has 0 radical (unpaired) electrons. The Bertz CT molecular complexity index is 1600. The molecule has 0 unspecified atom stereocenters. The van der Waals surface area contributed by atoms with E-state index in [1.165, 1.54) is 17.3 Å². The van der Waals surface area contributed by atoms with Crippen molar-refractivity contribution in [1.82, 2.24) is 24.6 Å². The van der Waals surface area contributed by atoms with E-state index in [-0.39, 0.29) is 23.3 Å². The maximum Gasteiger partial charge on any atom is 0.416 e. The maximum atomic E-state index is 14.1. The van der Waals surface area contributed by atoms with Crippen molar-refractivity contribution in [3.8, 4) is 11.5 Å². The molecule has 0 saturated heterocycles. The number of hydrogen-bond donors (Lipinski definition) is 2. The molecule has 3 aromatic rings. The third kappa shape index (κ3) is 11.5. The maximum absolute atomic E-state index is 14.1. The Labute approximate surface area is 303 Å². The first kappa shape index (κ1) is 39.2. The molecule has 16 heteroatoms. The Morgan fingerprint density at radius 2 is 1.75 bits per heavy atom. The van der Waals surface area contributed by atoms with Gasteiger partial charge in [-0.05, 0) is 90.3 Å². The molecule has 0 aliphatic heterocycles. The van der Waals surface area contributed by atoms with Crippen LogP contribution in [0.5, 0.6) is 0 Å². The highest BCUT2D eigenvalue weighted by molar-refractivity contribution is 6.03. The van der Waals surface area contributed by atoms with Crippen LogP contribution in [0.1, 0.15) is 87.9 Å². The van der Waals surface area contributed by atoms with Gasteiger partial charge in [-0.25, -0.2) is 23.5 Å². The van der Waals surface area contributed by atoms with E-state index in [1.807, 2.05) is 0 Å². The van der Waals surface area contributed by atoms with Gasteiger partial charge in [-0.2, -0.15) is 5.10 Å². The molecule has 0 spiro atoms. The Morgan fingerprint density at radius 3 is 2.42 bits per heavy atom. The number of ether oxygens (including phenoxy) is 3. The highest BCUT2D eigenvalue weighted by Gasteiger charge is 2.32. The second kappa shape index (κ2) is 18.2. The number of anilines is 2. The molecule has 2 amide bonds. The number of alkyl halides is 2. The van der Waals surface area contributed by atoms with E-state index >= 15 is 0 Å². The molecule has 286 valence electrons. The summed E-state index contributed by atoms with van der Waals surface area (Å²) in [4.78, 5) is 38.7. The van der Waals surface area contributed by atoms with Crippen LogP contribution in [0, 0.1) is 11.8 Å². The van der Waals surface area contributed by atoms with E-state index in [2.05, 4.69) is 32.3 Å². The molecule has 2 saturated carbocycles. The number of hydrogen-bond acceptors (Lipinski definition) is 11. The zero-order valence-corrected chi connectivity index (χ0v) is 30.6. The molecule has 5 rings (SSSR count). The van der Waals surface area contributed by atoms with Gasteiger partial charge < -0.3 is 34.6 Å². The third-order valence-electron chi connectivity index (χ3n) is 8.98. The van der Waals surface area contributed by atoms with Crippen LogP contribution in [-0.2, 0) is 14.2 Å². The van der Waals surface area contributed by atoms with Crippen LogP contribution < -0.4 is 16.0 Å². The van der Waals surface area contributed by atoms with Crippen LogP contribution in [0.4, 0.5) is 25.1 Å². The Hall–Kier alpha value is -3.99. The first-order valence-electron chi connectivity index (χ1n) is 18.0. The van der Waals surface area contributed by atoms with Crippen molar-refractivity contribution in [2.24, 2.45) is 17.6 Å². The summed E-state index contributed by atoms with van der Waals surface area (Å²) in [5.41, 5.74) is 4.54. The van der Waals surface area contributed by atoms with Crippen molar-refractivity contribution >= 4 is 23.5 Å². The van der Waals surface area contributed by atoms with Crippen molar-refractivity contribution in [2.45, 2.75) is 77.4 Å². The monoisotopic (exact) mass is 730 g/mol. The normalized spacial score (nSPS) is 17.9. The summed E-state index contributed by atoms with van der Waals surface area (Å²) in [5, 5.41) is 6.76. The minimum Gasteiger partial charge on any atom is -0.444 e. The number of carbonyl (C=O) groups is 2. The molecular formula is C36H52F2N8O6. The van der Waals surface area contributed by atoms with Crippen molar-refractivity contribution in [3.63, 3.8) is 0 Å². The van der Waals surface area contributed by atoms with E-state index in [4.69, 9.17) is 24.4 Å². The molecule has 2 aliphatic carbocycles. The van der Waals surface area contributed by atoms with E-state index in [9.17, 15) is 18.4 Å². The zero-order chi connectivity index (χ0) is 37.3. The number of aromatic nitrogens is 4. The fourth-order valence-corrected chi connectivity index (χ4v) is 6.13. The molecule has 52 heavy (non-hydrogen) atoms. The number of nitrogens with two attached hydrogens (primary N) is 1. The average molecular weight is 731 g/mol. The predicted octanol–water partition coefficient (Wildman–Crippen LogP) is 5.93. The first-order valence-corrected chi connectivity index (χ1v) is 18.0. The number of halogens is 2. The van der Waals surface area contributed by atoms with Gasteiger partial charge in [-0.1, -0.05) is 0 Å². The van der Waals surface area contributed by atoms with Gasteiger partial charge in [0.05, 0.1) is 38.2 Å². The summed E-state index contributed by atoms with van der Waals surface area (Å²) < 4.78 is 51.9. The van der Waals surface area contributed by atoms with Gasteiger partial charge >= 0.3 is 6.09 Å². The number of nitrogens with zero attached hydrogens (tertiary/aromatic N) is 6. The molecule has 0 aromatic carbocycles. The van der Waals surface area contributed by atoms with E-state index in [0.29, 0.717) is 62.7 Å². The Balaban J connectivity index is 1.16. The summed E-state index contributed by atoms with van der Waals surface area (Å²) >= 11 is 0. The fraction of sp³-hybridized carbons (Fsp3) is 0.639. The minimum atomic E-state index is -2.89. The summed E-state index contributed by atoms with van der Waals surface area (Å²) in [6.07, 6.45) is 6.25. The standard InChI is InChI=1S/C36H52F2N8O6/c1-36(2,3)52-35(48)45(21-25-5-6-25)30-19-26(11-13-40-30)34-42-29(23-51-34)33(47)41-28-22-46(43-31(28)32(37)38)27-9-7-24(8-10-27)20-44(4)14-16-50-18-17-49-15-12-39/h11,13,19,22-25,27,32H,5-10,12,14-18,20-21,39H2,1-4H3,(H,41,47). The topological polar surface area (TPSA) is 163 Å². The van der Waals surface area contributed by atoms with Gasteiger partial charge in [0.15, 0.2) is 11.4 Å². The molecule has 3 aromatic heterocycles. The quantitative estimate of drug-likeness (QED) is 0.149. The van der Waals surface area contributed by atoms with E-state index in [0.717, 1.165) is 57.9 Å². The largest absolute Gasteiger partial charge is 0.444 e. The summed E-state index contributed by atoms with van der Waals surface area (Å²) in [6.45, 7) is 10.3. The summed E-state index contributed by atoms with van der Waals surface area (Å²) in [6, 6.07) is 3.23. The number of amides is 2. The van der Waals surface area contributed by atoms with Gasteiger partial charge in [0.25, 0.3) is 12.3 Å². The van der Waals surface area contributed by atoms with Crippen molar-refractivity contribution in [1.29, 1.82) is 0 Å². The molecule has 14 nitrogen and oxygen atoms in total.